The van der Waals surface area contributed by atoms with Crippen LogP contribution in [0, 0.1) is 11.7 Å². The quantitative estimate of drug-likeness (QED) is 0.653. The van der Waals surface area contributed by atoms with Crippen molar-refractivity contribution in [1.82, 2.24) is 19.9 Å². The van der Waals surface area contributed by atoms with Gasteiger partial charge < -0.3 is 10.2 Å². The Kier molecular flexibility index (Phi) is 5.28. The van der Waals surface area contributed by atoms with Crippen LogP contribution >= 0.6 is 11.6 Å². The first-order valence-corrected chi connectivity index (χ1v) is 10.7. The summed E-state index contributed by atoms with van der Waals surface area (Å²) in [6.45, 7) is 0.668. The second kappa shape index (κ2) is 8.23. The summed E-state index contributed by atoms with van der Waals surface area (Å²) < 4.78 is 14.8. The van der Waals surface area contributed by atoms with Crippen LogP contribution in [0.3, 0.4) is 0 Å². The number of anilines is 1. The van der Waals surface area contributed by atoms with Crippen LogP contribution in [0.4, 0.5) is 10.2 Å². The van der Waals surface area contributed by atoms with Crippen LogP contribution in [-0.2, 0) is 0 Å². The number of aromatic nitrogens is 3. The fraction of sp³-hybridized carbons (Fsp3) is 0.304. The van der Waals surface area contributed by atoms with Gasteiger partial charge in [-0.3, -0.25) is 4.79 Å². The number of hydrogen-bond acceptors (Lipinski definition) is 5. The molecular weight excluding hydrogens is 417 g/mol. The summed E-state index contributed by atoms with van der Waals surface area (Å²) in [4.78, 5) is 28.2. The number of hydrogen-bond donors (Lipinski definition) is 1. The highest BCUT2D eigenvalue weighted by Gasteiger charge is 2.43. The van der Waals surface area contributed by atoms with E-state index in [1.807, 2.05) is 11.0 Å². The maximum atomic E-state index is 14.8. The first-order chi connectivity index (χ1) is 15.1. The molecule has 1 amide bonds. The van der Waals surface area contributed by atoms with Crippen molar-refractivity contribution < 1.29 is 9.18 Å². The van der Waals surface area contributed by atoms with Crippen LogP contribution in [0.25, 0.3) is 11.4 Å². The normalized spacial score (nSPS) is 22.4. The molecule has 1 aromatic carbocycles. The van der Waals surface area contributed by atoms with Gasteiger partial charge in [-0.25, -0.2) is 19.3 Å². The largest absolute Gasteiger partial charge is 0.365 e. The molecule has 0 radical (unpaired) electrons. The molecule has 6 nitrogen and oxygen atoms in total. The van der Waals surface area contributed by atoms with E-state index in [9.17, 15) is 9.18 Å². The number of carbonyl (C=O) groups excluding carboxylic acids is 1. The molecular formula is C23H21ClFN5O. The first kappa shape index (κ1) is 19.9. The molecule has 1 aliphatic carbocycles. The van der Waals surface area contributed by atoms with E-state index in [-0.39, 0.29) is 29.4 Å². The second-order valence-electron chi connectivity index (χ2n) is 8.05. The van der Waals surface area contributed by atoms with Gasteiger partial charge in [0.1, 0.15) is 11.6 Å². The van der Waals surface area contributed by atoms with E-state index in [0.717, 1.165) is 25.1 Å². The minimum atomic E-state index is -0.501. The molecule has 31 heavy (non-hydrogen) atoms. The SMILES string of the molecule is O=C(c1cccc(F)c1-c1ncccn1)N1C[C@@H]2CC[C@H]1[C@H](Nc1ccc(Cl)cn1)C2. The van der Waals surface area contributed by atoms with Crippen molar-refractivity contribution >= 4 is 23.3 Å². The van der Waals surface area contributed by atoms with Crippen LogP contribution in [0.1, 0.15) is 29.6 Å². The molecule has 3 aliphatic rings. The lowest BCUT2D eigenvalue weighted by Gasteiger charge is -2.50. The van der Waals surface area contributed by atoms with Crippen molar-refractivity contribution in [3.63, 3.8) is 0 Å². The molecule has 2 aromatic heterocycles. The van der Waals surface area contributed by atoms with Crippen molar-refractivity contribution in [3.05, 3.63) is 71.4 Å². The lowest BCUT2D eigenvalue weighted by molar-refractivity contribution is 0.0282. The summed E-state index contributed by atoms with van der Waals surface area (Å²) in [6.07, 6.45) is 7.64. The van der Waals surface area contributed by atoms with Crippen molar-refractivity contribution in [1.29, 1.82) is 0 Å². The minimum Gasteiger partial charge on any atom is -0.365 e. The zero-order chi connectivity index (χ0) is 21.4. The third-order valence-electron chi connectivity index (χ3n) is 6.13. The summed E-state index contributed by atoms with van der Waals surface area (Å²) in [5.41, 5.74) is 0.445. The smallest absolute Gasteiger partial charge is 0.255 e. The molecule has 1 N–H and O–H groups in total. The van der Waals surface area contributed by atoms with Gasteiger partial charge in [0.05, 0.1) is 22.2 Å². The van der Waals surface area contributed by atoms with Gasteiger partial charge in [0.15, 0.2) is 5.82 Å². The Hall–Kier alpha value is -3.06. The summed E-state index contributed by atoms with van der Waals surface area (Å²) >= 11 is 5.94. The average molecular weight is 438 g/mol. The molecule has 2 aliphatic heterocycles. The van der Waals surface area contributed by atoms with Gasteiger partial charge in [-0.05, 0) is 55.5 Å². The number of carbonyl (C=O) groups is 1. The molecule has 158 valence electrons. The summed E-state index contributed by atoms with van der Waals surface area (Å²) in [6, 6.07) is 9.93. The standard InChI is InChI=1S/C23H21ClFN5O/c24-15-6-8-20(28-12-15)29-18-11-14-5-7-19(18)30(13-14)23(31)16-3-1-4-17(25)21(16)22-26-9-2-10-27-22/h1-4,6,8-10,12,14,18-19H,5,7,11,13H2,(H,28,29)/t14-,18-,19+/m1/s1. The Balaban J connectivity index is 1.45. The molecule has 3 fully saturated rings. The van der Waals surface area contributed by atoms with E-state index in [4.69, 9.17) is 11.6 Å². The Morgan fingerprint density at radius 1 is 1.10 bits per heavy atom. The number of nitrogens with one attached hydrogen (secondary N) is 1. The molecule has 3 aromatic rings. The average Bonchev–Trinajstić information content (AvgIpc) is 2.81. The number of piperidine rings is 2. The second-order valence-corrected chi connectivity index (χ2v) is 8.49. The molecule has 6 rings (SSSR count). The fourth-order valence-corrected chi connectivity index (χ4v) is 4.86. The van der Waals surface area contributed by atoms with E-state index < -0.39 is 5.82 Å². The Morgan fingerprint density at radius 3 is 2.68 bits per heavy atom. The van der Waals surface area contributed by atoms with E-state index in [1.54, 1.807) is 42.9 Å². The predicted octanol–water partition coefficient (Wildman–Crippen LogP) is 4.44. The van der Waals surface area contributed by atoms with Crippen molar-refractivity contribution in [2.24, 2.45) is 5.92 Å². The third kappa shape index (κ3) is 3.85. The molecule has 1 saturated carbocycles. The third-order valence-corrected chi connectivity index (χ3v) is 6.36. The van der Waals surface area contributed by atoms with Gasteiger partial charge in [0.25, 0.3) is 5.91 Å². The number of pyridine rings is 1. The highest BCUT2D eigenvalue weighted by Crippen LogP contribution is 2.38. The van der Waals surface area contributed by atoms with Crippen LogP contribution in [-0.4, -0.2) is 44.4 Å². The molecule has 8 heteroatoms. The van der Waals surface area contributed by atoms with Gasteiger partial charge in [0, 0.05) is 31.2 Å². The number of nitrogens with zero attached hydrogens (tertiary/aromatic N) is 4. The Bertz CT molecular complexity index is 1090. The van der Waals surface area contributed by atoms with Gasteiger partial charge in [-0.15, -0.1) is 0 Å². The fourth-order valence-electron chi connectivity index (χ4n) is 4.75. The van der Waals surface area contributed by atoms with Crippen LogP contribution < -0.4 is 5.32 Å². The van der Waals surface area contributed by atoms with E-state index in [1.165, 1.54) is 6.07 Å². The summed E-state index contributed by atoms with van der Waals surface area (Å²) in [5.74, 6) is 0.653. The van der Waals surface area contributed by atoms with Gasteiger partial charge in [0.2, 0.25) is 0 Å². The molecule has 2 saturated heterocycles. The number of rotatable bonds is 4. The molecule has 0 spiro atoms. The molecule has 2 bridgehead atoms. The zero-order valence-corrected chi connectivity index (χ0v) is 17.5. The maximum absolute atomic E-state index is 14.8. The lowest BCUT2D eigenvalue weighted by atomic mass is 9.76. The topological polar surface area (TPSA) is 71.0 Å². The summed E-state index contributed by atoms with van der Waals surface area (Å²) in [7, 11) is 0. The Labute approximate surface area is 184 Å². The van der Waals surface area contributed by atoms with Gasteiger partial charge in [-0.1, -0.05) is 17.7 Å². The van der Waals surface area contributed by atoms with E-state index in [2.05, 4.69) is 20.3 Å². The summed E-state index contributed by atoms with van der Waals surface area (Å²) in [5, 5.41) is 4.05. The molecule has 4 heterocycles. The highest BCUT2D eigenvalue weighted by atomic mass is 35.5. The number of fused-ring (bicyclic) bond motifs is 3. The highest BCUT2D eigenvalue weighted by molar-refractivity contribution is 6.30. The number of amides is 1. The van der Waals surface area contributed by atoms with Crippen LogP contribution in [0.2, 0.25) is 5.02 Å². The van der Waals surface area contributed by atoms with E-state index in [0.29, 0.717) is 23.0 Å². The number of halogens is 2. The van der Waals surface area contributed by atoms with Crippen LogP contribution in [0.15, 0.2) is 55.0 Å². The molecule has 0 unspecified atom stereocenters. The van der Waals surface area contributed by atoms with Crippen LogP contribution in [0.5, 0.6) is 0 Å². The van der Waals surface area contributed by atoms with Crippen molar-refractivity contribution in [2.75, 3.05) is 11.9 Å². The maximum Gasteiger partial charge on any atom is 0.255 e. The predicted molar refractivity (Wildman–Crippen MR) is 116 cm³/mol. The van der Waals surface area contributed by atoms with E-state index >= 15 is 0 Å². The molecule has 3 atom stereocenters. The monoisotopic (exact) mass is 437 g/mol. The zero-order valence-electron chi connectivity index (χ0n) is 16.7. The first-order valence-electron chi connectivity index (χ1n) is 10.3. The van der Waals surface area contributed by atoms with Crippen molar-refractivity contribution in [3.8, 4) is 11.4 Å². The lowest BCUT2D eigenvalue weighted by Crippen LogP contribution is -2.59. The van der Waals surface area contributed by atoms with Gasteiger partial charge in [-0.2, -0.15) is 0 Å². The number of benzene rings is 1. The minimum absolute atomic E-state index is 0.00258. The Morgan fingerprint density at radius 2 is 1.94 bits per heavy atom. The van der Waals surface area contributed by atoms with Gasteiger partial charge >= 0.3 is 0 Å². The van der Waals surface area contributed by atoms with Crippen molar-refractivity contribution in [2.45, 2.75) is 31.3 Å².